The average molecular weight is 138 g/mol. The lowest BCUT2D eigenvalue weighted by atomic mass is 9.88. The van der Waals surface area contributed by atoms with Gasteiger partial charge in [-0.05, 0) is 25.7 Å². The van der Waals surface area contributed by atoms with Gasteiger partial charge >= 0.3 is 0 Å². The SMILES string of the molecule is CC=CC1CCCC(=O)C1. The molecule has 1 saturated carbocycles. The number of carbonyl (C=O) groups excluding carboxylic acids is 1. The Morgan fingerprint density at radius 3 is 3.00 bits per heavy atom. The van der Waals surface area contributed by atoms with Gasteiger partial charge in [0.15, 0.2) is 0 Å². The molecule has 0 aromatic heterocycles. The van der Waals surface area contributed by atoms with Crippen molar-refractivity contribution in [3.63, 3.8) is 0 Å². The van der Waals surface area contributed by atoms with Crippen LogP contribution in [0.3, 0.4) is 0 Å². The maximum absolute atomic E-state index is 10.9. The van der Waals surface area contributed by atoms with E-state index in [9.17, 15) is 4.79 Å². The predicted molar refractivity (Wildman–Crippen MR) is 41.8 cm³/mol. The fraction of sp³-hybridized carbons (Fsp3) is 0.667. The summed E-state index contributed by atoms with van der Waals surface area (Å²) >= 11 is 0. The van der Waals surface area contributed by atoms with E-state index >= 15 is 0 Å². The van der Waals surface area contributed by atoms with Gasteiger partial charge in [0, 0.05) is 12.8 Å². The van der Waals surface area contributed by atoms with Crippen LogP contribution in [0.15, 0.2) is 12.2 Å². The van der Waals surface area contributed by atoms with Crippen molar-refractivity contribution in [3.05, 3.63) is 12.2 Å². The van der Waals surface area contributed by atoms with Gasteiger partial charge in [-0.1, -0.05) is 12.2 Å². The average Bonchev–Trinajstić information content (AvgIpc) is 1.88. The molecule has 0 bridgehead atoms. The minimum Gasteiger partial charge on any atom is -0.300 e. The largest absolute Gasteiger partial charge is 0.300 e. The fourth-order valence-corrected chi connectivity index (χ4v) is 1.49. The highest BCUT2D eigenvalue weighted by Gasteiger charge is 2.15. The molecule has 0 heterocycles. The molecule has 0 aliphatic heterocycles. The van der Waals surface area contributed by atoms with E-state index in [-0.39, 0.29) is 0 Å². The molecule has 1 nitrogen and oxygen atoms in total. The van der Waals surface area contributed by atoms with E-state index in [1.165, 1.54) is 6.42 Å². The lowest BCUT2D eigenvalue weighted by Gasteiger charge is -2.16. The number of hydrogen-bond acceptors (Lipinski definition) is 1. The zero-order chi connectivity index (χ0) is 7.40. The normalized spacial score (nSPS) is 27.7. The van der Waals surface area contributed by atoms with Crippen LogP contribution in [0.4, 0.5) is 0 Å². The third kappa shape index (κ3) is 1.98. The Balaban J connectivity index is 2.39. The first-order valence-electron chi connectivity index (χ1n) is 3.97. The minimum absolute atomic E-state index is 0.439. The van der Waals surface area contributed by atoms with Gasteiger partial charge in [0.25, 0.3) is 0 Å². The van der Waals surface area contributed by atoms with E-state index < -0.39 is 0 Å². The second-order valence-corrected chi connectivity index (χ2v) is 2.92. The Morgan fingerprint density at radius 1 is 1.60 bits per heavy atom. The summed E-state index contributed by atoms with van der Waals surface area (Å²) in [6.45, 7) is 2.01. The molecule has 1 heteroatoms. The predicted octanol–water partition coefficient (Wildman–Crippen LogP) is 2.32. The summed E-state index contributed by atoms with van der Waals surface area (Å²) in [5.74, 6) is 0.987. The topological polar surface area (TPSA) is 17.1 Å². The van der Waals surface area contributed by atoms with Crippen molar-refractivity contribution < 1.29 is 4.79 Å². The summed E-state index contributed by atoms with van der Waals surface area (Å²) in [5.41, 5.74) is 0. The van der Waals surface area contributed by atoms with Gasteiger partial charge < -0.3 is 0 Å². The lowest BCUT2D eigenvalue weighted by molar-refractivity contribution is -0.121. The summed E-state index contributed by atoms with van der Waals surface area (Å²) in [4.78, 5) is 10.9. The summed E-state index contributed by atoms with van der Waals surface area (Å²) in [5, 5.41) is 0. The van der Waals surface area contributed by atoms with Crippen LogP contribution in [-0.4, -0.2) is 5.78 Å². The van der Waals surface area contributed by atoms with E-state index in [1.54, 1.807) is 0 Å². The standard InChI is InChI=1S/C9H14O/c1-2-4-8-5-3-6-9(10)7-8/h2,4,8H,3,5-7H2,1H3. The number of allylic oxidation sites excluding steroid dienone is 2. The lowest BCUT2D eigenvalue weighted by Crippen LogP contribution is -2.12. The zero-order valence-corrected chi connectivity index (χ0v) is 6.47. The number of rotatable bonds is 1. The molecule has 0 amide bonds. The maximum atomic E-state index is 10.9. The van der Waals surface area contributed by atoms with E-state index in [4.69, 9.17) is 0 Å². The number of carbonyl (C=O) groups is 1. The molecular weight excluding hydrogens is 124 g/mol. The minimum atomic E-state index is 0.439. The van der Waals surface area contributed by atoms with Crippen molar-refractivity contribution in [1.29, 1.82) is 0 Å². The highest BCUT2D eigenvalue weighted by Crippen LogP contribution is 2.21. The van der Waals surface area contributed by atoms with Crippen molar-refractivity contribution in [2.75, 3.05) is 0 Å². The molecule has 1 rings (SSSR count). The third-order valence-corrected chi connectivity index (χ3v) is 1.99. The first-order valence-corrected chi connectivity index (χ1v) is 3.97. The van der Waals surface area contributed by atoms with Crippen molar-refractivity contribution in [1.82, 2.24) is 0 Å². The van der Waals surface area contributed by atoms with Gasteiger partial charge in [-0.3, -0.25) is 4.79 Å². The first-order chi connectivity index (χ1) is 4.83. The molecule has 56 valence electrons. The number of Topliss-reactive ketones (excluding diaryl/α,β-unsaturated/α-hetero) is 1. The monoisotopic (exact) mass is 138 g/mol. The highest BCUT2D eigenvalue weighted by atomic mass is 16.1. The first kappa shape index (κ1) is 7.52. The van der Waals surface area contributed by atoms with Crippen molar-refractivity contribution in [3.8, 4) is 0 Å². The van der Waals surface area contributed by atoms with Crippen LogP contribution in [0, 0.1) is 5.92 Å². The Kier molecular flexibility index (Phi) is 2.67. The van der Waals surface area contributed by atoms with Crippen LogP contribution in [0.5, 0.6) is 0 Å². The Morgan fingerprint density at radius 2 is 2.40 bits per heavy atom. The van der Waals surface area contributed by atoms with Crippen molar-refractivity contribution in [2.24, 2.45) is 5.92 Å². The maximum Gasteiger partial charge on any atom is 0.133 e. The van der Waals surface area contributed by atoms with Crippen LogP contribution in [0.25, 0.3) is 0 Å². The molecule has 0 radical (unpaired) electrons. The second-order valence-electron chi connectivity index (χ2n) is 2.92. The summed E-state index contributed by atoms with van der Waals surface area (Å²) in [7, 11) is 0. The Hall–Kier alpha value is -0.590. The second kappa shape index (κ2) is 3.55. The molecule has 0 aromatic carbocycles. The van der Waals surface area contributed by atoms with E-state index in [0.717, 1.165) is 19.3 Å². The zero-order valence-electron chi connectivity index (χ0n) is 6.47. The molecule has 0 N–H and O–H groups in total. The van der Waals surface area contributed by atoms with Crippen LogP contribution < -0.4 is 0 Å². The molecule has 1 aliphatic carbocycles. The highest BCUT2D eigenvalue weighted by molar-refractivity contribution is 5.79. The fourth-order valence-electron chi connectivity index (χ4n) is 1.49. The summed E-state index contributed by atoms with van der Waals surface area (Å²) < 4.78 is 0. The van der Waals surface area contributed by atoms with Crippen LogP contribution in [0.2, 0.25) is 0 Å². The van der Waals surface area contributed by atoms with Gasteiger partial charge in [-0.25, -0.2) is 0 Å². The summed E-state index contributed by atoms with van der Waals surface area (Å²) in [6.07, 6.45) is 8.09. The van der Waals surface area contributed by atoms with Crippen LogP contribution >= 0.6 is 0 Å². The van der Waals surface area contributed by atoms with Crippen molar-refractivity contribution in [2.45, 2.75) is 32.6 Å². The number of ketones is 1. The molecule has 1 fully saturated rings. The van der Waals surface area contributed by atoms with Gasteiger partial charge in [0.2, 0.25) is 0 Å². The molecule has 1 atom stereocenters. The molecule has 1 unspecified atom stereocenters. The molecular formula is C9H14O. The van der Waals surface area contributed by atoms with E-state index in [1.807, 2.05) is 13.0 Å². The number of hydrogen-bond donors (Lipinski definition) is 0. The molecule has 1 aliphatic rings. The quantitative estimate of drug-likeness (QED) is 0.508. The molecule has 0 aromatic rings. The van der Waals surface area contributed by atoms with Gasteiger partial charge in [0.05, 0.1) is 0 Å². The molecule has 0 saturated heterocycles. The smallest absolute Gasteiger partial charge is 0.133 e. The Bertz CT molecular complexity index is 147. The molecule has 0 spiro atoms. The van der Waals surface area contributed by atoms with E-state index in [2.05, 4.69) is 6.08 Å². The van der Waals surface area contributed by atoms with Crippen molar-refractivity contribution >= 4 is 5.78 Å². The van der Waals surface area contributed by atoms with Crippen LogP contribution in [0.1, 0.15) is 32.6 Å². The molecule has 10 heavy (non-hydrogen) atoms. The summed E-state index contributed by atoms with van der Waals surface area (Å²) in [6, 6.07) is 0. The van der Waals surface area contributed by atoms with Crippen LogP contribution in [-0.2, 0) is 4.79 Å². The third-order valence-electron chi connectivity index (χ3n) is 1.99. The van der Waals surface area contributed by atoms with E-state index in [0.29, 0.717) is 11.7 Å². The Labute approximate surface area is 62.1 Å². The van der Waals surface area contributed by atoms with Gasteiger partial charge in [-0.15, -0.1) is 0 Å². The van der Waals surface area contributed by atoms with Gasteiger partial charge in [-0.2, -0.15) is 0 Å². The van der Waals surface area contributed by atoms with Gasteiger partial charge in [0.1, 0.15) is 5.78 Å².